The van der Waals surface area contributed by atoms with Gasteiger partial charge in [0, 0.05) is 10.9 Å². The number of pyridine rings is 1. The van der Waals surface area contributed by atoms with E-state index >= 15 is 0 Å². The third-order valence-corrected chi connectivity index (χ3v) is 5.21. The molecule has 0 N–H and O–H groups in total. The van der Waals surface area contributed by atoms with Crippen molar-refractivity contribution in [3.63, 3.8) is 0 Å². The fourth-order valence-corrected chi connectivity index (χ4v) is 3.70. The molecule has 0 aliphatic rings. The van der Waals surface area contributed by atoms with E-state index in [9.17, 15) is 8.78 Å². The molecule has 30 heavy (non-hydrogen) atoms. The highest BCUT2D eigenvalue weighted by molar-refractivity contribution is 5.89. The van der Waals surface area contributed by atoms with Crippen molar-refractivity contribution in [1.29, 1.82) is 0 Å². The van der Waals surface area contributed by atoms with Crippen LogP contribution in [0.25, 0.3) is 44.4 Å². The molecule has 0 bridgehead atoms. The van der Waals surface area contributed by atoms with Crippen molar-refractivity contribution in [3.05, 3.63) is 115 Å². The lowest BCUT2D eigenvalue weighted by atomic mass is 9.96. The summed E-state index contributed by atoms with van der Waals surface area (Å²) in [7, 11) is 0. The summed E-state index contributed by atoms with van der Waals surface area (Å²) in [6.45, 7) is 0. The maximum absolute atomic E-state index is 14.1. The molecule has 3 heteroatoms. The molecule has 0 fully saturated rings. The van der Waals surface area contributed by atoms with Gasteiger partial charge in [0.15, 0.2) is 0 Å². The minimum absolute atomic E-state index is 0.254. The SMILES string of the molecule is Fc1ccc(-c2ccc3nc(-c4cc(F)ccc4-c4ccccc4)ccc3c2)cc1. The van der Waals surface area contributed by atoms with Crippen LogP contribution in [0.15, 0.2) is 103 Å². The molecule has 0 aliphatic heterocycles. The summed E-state index contributed by atoms with van der Waals surface area (Å²) >= 11 is 0. The number of nitrogens with zero attached hydrogens (tertiary/aromatic N) is 1. The quantitative estimate of drug-likeness (QED) is 0.309. The molecule has 0 saturated heterocycles. The second-order valence-electron chi connectivity index (χ2n) is 7.17. The molecule has 0 radical (unpaired) electrons. The Kier molecular flexibility index (Phi) is 4.56. The largest absolute Gasteiger partial charge is 0.248 e. The van der Waals surface area contributed by atoms with Crippen LogP contribution in [0.2, 0.25) is 0 Å². The molecule has 0 spiro atoms. The fraction of sp³-hybridized carbons (Fsp3) is 0. The van der Waals surface area contributed by atoms with E-state index in [1.165, 1.54) is 24.3 Å². The molecule has 0 atom stereocenters. The Labute approximate surface area is 173 Å². The second kappa shape index (κ2) is 7.53. The smallest absolute Gasteiger partial charge is 0.123 e. The van der Waals surface area contributed by atoms with E-state index < -0.39 is 0 Å². The van der Waals surface area contributed by atoms with Gasteiger partial charge in [-0.2, -0.15) is 0 Å². The Morgan fingerprint density at radius 2 is 1.23 bits per heavy atom. The average molecular weight is 393 g/mol. The van der Waals surface area contributed by atoms with Crippen molar-refractivity contribution in [1.82, 2.24) is 4.98 Å². The molecule has 1 nitrogen and oxygen atoms in total. The molecule has 144 valence electrons. The van der Waals surface area contributed by atoms with Crippen molar-refractivity contribution in [3.8, 4) is 33.5 Å². The zero-order valence-electron chi connectivity index (χ0n) is 16.0. The van der Waals surface area contributed by atoms with Gasteiger partial charge in [-0.1, -0.05) is 60.7 Å². The highest BCUT2D eigenvalue weighted by Crippen LogP contribution is 2.33. The van der Waals surface area contributed by atoms with E-state index in [1.807, 2.05) is 60.7 Å². The summed E-state index contributed by atoms with van der Waals surface area (Å²) in [5.74, 6) is -0.548. The predicted molar refractivity (Wildman–Crippen MR) is 118 cm³/mol. The van der Waals surface area contributed by atoms with Crippen molar-refractivity contribution in [2.24, 2.45) is 0 Å². The van der Waals surface area contributed by atoms with Gasteiger partial charge in [0.05, 0.1) is 11.2 Å². The molecule has 0 unspecified atom stereocenters. The summed E-state index contributed by atoms with van der Waals surface area (Å²) < 4.78 is 27.3. The third-order valence-electron chi connectivity index (χ3n) is 5.21. The van der Waals surface area contributed by atoms with Crippen LogP contribution < -0.4 is 0 Å². The lowest BCUT2D eigenvalue weighted by Crippen LogP contribution is -1.91. The fourth-order valence-electron chi connectivity index (χ4n) is 3.70. The first-order chi connectivity index (χ1) is 14.7. The van der Waals surface area contributed by atoms with Crippen LogP contribution >= 0.6 is 0 Å². The topological polar surface area (TPSA) is 12.9 Å². The van der Waals surface area contributed by atoms with Crippen molar-refractivity contribution >= 4 is 10.9 Å². The third kappa shape index (κ3) is 3.46. The summed E-state index contributed by atoms with van der Waals surface area (Å²) in [4.78, 5) is 4.79. The molecule has 4 aromatic carbocycles. The Morgan fingerprint density at radius 3 is 2.03 bits per heavy atom. The first-order valence-electron chi connectivity index (χ1n) is 9.69. The summed E-state index contributed by atoms with van der Waals surface area (Å²) in [5, 5.41) is 0.971. The van der Waals surface area contributed by atoms with Crippen molar-refractivity contribution in [2.45, 2.75) is 0 Å². The van der Waals surface area contributed by atoms with E-state index in [-0.39, 0.29) is 11.6 Å². The maximum atomic E-state index is 14.1. The highest BCUT2D eigenvalue weighted by Gasteiger charge is 2.11. The summed E-state index contributed by atoms with van der Waals surface area (Å²) in [5.41, 5.74) is 6.18. The van der Waals surface area contributed by atoms with Gasteiger partial charge in [-0.3, -0.25) is 0 Å². The number of fused-ring (bicyclic) bond motifs is 1. The van der Waals surface area contributed by atoms with Crippen molar-refractivity contribution in [2.75, 3.05) is 0 Å². The first-order valence-corrected chi connectivity index (χ1v) is 9.69. The van der Waals surface area contributed by atoms with Gasteiger partial charge in [-0.25, -0.2) is 13.8 Å². The van der Waals surface area contributed by atoms with Gasteiger partial charge in [0.1, 0.15) is 11.6 Å². The standard InChI is InChI=1S/C27H17F2N/c28-22-10-6-18(7-11-22)20-8-14-26-21(16-20)9-15-27(30-26)25-17-23(29)12-13-24(25)19-4-2-1-3-5-19/h1-17H. The molecule has 5 aromatic rings. The van der Waals surface area contributed by atoms with E-state index in [0.29, 0.717) is 0 Å². The van der Waals surface area contributed by atoms with Crippen LogP contribution in [-0.4, -0.2) is 4.98 Å². The Balaban J connectivity index is 1.60. The number of aromatic nitrogens is 1. The number of benzene rings is 4. The van der Waals surface area contributed by atoms with Crippen LogP contribution in [0.3, 0.4) is 0 Å². The lowest BCUT2D eigenvalue weighted by Gasteiger charge is -2.11. The average Bonchev–Trinajstić information content (AvgIpc) is 2.79. The zero-order chi connectivity index (χ0) is 20.5. The first kappa shape index (κ1) is 18.2. The molecular formula is C27H17F2N. The normalized spacial score (nSPS) is 11.0. The lowest BCUT2D eigenvalue weighted by molar-refractivity contribution is 0.628. The summed E-state index contributed by atoms with van der Waals surface area (Å²) in [6, 6.07) is 31.0. The van der Waals surface area contributed by atoms with Crippen LogP contribution in [0.1, 0.15) is 0 Å². The molecule has 0 amide bonds. The molecule has 1 heterocycles. The van der Waals surface area contributed by atoms with Gasteiger partial charge in [-0.15, -0.1) is 0 Å². The molecule has 0 saturated carbocycles. The number of hydrogen-bond donors (Lipinski definition) is 0. The second-order valence-corrected chi connectivity index (χ2v) is 7.17. The van der Waals surface area contributed by atoms with Crippen LogP contribution in [0.4, 0.5) is 8.78 Å². The van der Waals surface area contributed by atoms with Crippen LogP contribution in [0.5, 0.6) is 0 Å². The Hall–Kier alpha value is -3.85. The number of hydrogen-bond acceptors (Lipinski definition) is 1. The monoisotopic (exact) mass is 393 g/mol. The van der Waals surface area contributed by atoms with Gasteiger partial charge in [-0.05, 0) is 64.7 Å². The van der Waals surface area contributed by atoms with E-state index in [0.717, 1.165) is 44.4 Å². The van der Waals surface area contributed by atoms with E-state index in [2.05, 4.69) is 0 Å². The Bertz CT molecular complexity index is 1340. The predicted octanol–water partition coefficient (Wildman–Crippen LogP) is 7.51. The molecular weight excluding hydrogens is 376 g/mol. The maximum Gasteiger partial charge on any atom is 0.123 e. The van der Waals surface area contributed by atoms with Crippen molar-refractivity contribution < 1.29 is 8.78 Å². The molecule has 0 aliphatic carbocycles. The number of halogens is 2. The zero-order valence-corrected chi connectivity index (χ0v) is 16.0. The van der Waals surface area contributed by atoms with Gasteiger partial charge < -0.3 is 0 Å². The van der Waals surface area contributed by atoms with E-state index in [4.69, 9.17) is 4.98 Å². The summed E-state index contributed by atoms with van der Waals surface area (Å²) in [6.07, 6.45) is 0. The van der Waals surface area contributed by atoms with E-state index in [1.54, 1.807) is 18.2 Å². The Morgan fingerprint density at radius 1 is 0.500 bits per heavy atom. The van der Waals surface area contributed by atoms with Gasteiger partial charge >= 0.3 is 0 Å². The van der Waals surface area contributed by atoms with Gasteiger partial charge in [0.2, 0.25) is 0 Å². The van der Waals surface area contributed by atoms with Gasteiger partial charge in [0.25, 0.3) is 0 Å². The van der Waals surface area contributed by atoms with Crippen LogP contribution in [0, 0.1) is 11.6 Å². The molecule has 1 aromatic heterocycles. The highest BCUT2D eigenvalue weighted by atomic mass is 19.1. The number of rotatable bonds is 3. The molecule has 5 rings (SSSR count). The minimum Gasteiger partial charge on any atom is -0.248 e. The minimum atomic E-state index is -0.293. The van der Waals surface area contributed by atoms with Crippen LogP contribution in [-0.2, 0) is 0 Å².